The lowest BCUT2D eigenvalue weighted by Crippen LogP contribution is -2.46. The van der Waals surface area contributed by atoms with Crippen LogP contribution in [0.4, 0.5) is 0 Å². The van der Waals surface area contributed by atoms with Crippen LogP contribution < -0.4 is 16.6 Å². The molecule has 0 unspecified atom stereocenters. The molecule has 3 aromatic rings. The highest BCUT2D eigenvalue weighted by Gasteiger charge is 2.26. The van der Waals surface area contributed by atoms with E-state index >= 15 is 0 Å². The van der Waals surface area contributed by atoms with Crippen LogP contribution in [0.25, 0.3) is 11.0 Å². The summed E-state index contributed by atoms with van der Waals surface area (Å²) < 4.78 is 2.28. The number of carbonyl (C=O) groups is 2. The Bertz CT molecular complexity index is 1240. The van der Waals surface area contributed by atoms with E-state index in [1.54, 1.807) is 16.3 Å². The fourth-order valence-electron chi connectivity index (χ4n) is 3.62. The summed E-state index contributed by atoms with van der Waals surface area (Å²) >= 11 is 1.47. The van der Waals surface area contributed by atoms with E-state index in [1.807, 2.05) is 5.38 Å². The molecule has 1 N–H and O–H groups in total. The number of piperidine rings is 1. The first-order valence-corrected chi connectivity index (χ1v) is 10.5. The van der Waals surface area contributed by atoms with Crippen LogP contribution in [0.5, 0.6) is 0 Å². The zero-order chi connectivity index (χ0) is 21.4. The largest absolute Gasteiger partial charge is 0.349 e. The molecule has 4 heterocycles. The standard InChI is InChI=1S/C20H21N5O4S/c1-23-16-14(18(27)24(2)20(23)29)3-4-15(22-16)19(28)25-8-5-13(6-9-25)21-17(26)12-7-10-30-11-12/h3-4,7,10-11,13H,5-6,8-9H2,1-2H3,(H,21,26). The molecule has 1 aliphatic heterocycles. The highest BCUT2D eigenvalue weighted by molar-refractivity contribution is 7.08. The Balaban J connectivity index is 1.48. The van der Waals surface area contributed by atoms with Crippen molar-refractivity contribution < 1.29 is 9.59 Å². The maximum atomic E-state index is 12.9. The summed E-state index contributed by atoms with van der Waals surface area (Å²) in [6.45, 7) is 0.977. The van der Waals surface area contributed by atoms with Gasteiger partial charge in [-0.2, -0.15) is 11.3 Å². The van der Waals surface area contributed by atoms with Crippen molar-refractivity contribution in [1.82, 2.24) is 24.3 Å². The van der Waals surface area contributed by atoms with Gasteiger partial charge in [0, 0.05) is 44.2 Å². The molecule has 1 saturated heterocycles. The first-order valence-electron chi connectivity index (χ1n) is 9.56. The SMILES string of the molecule is Cn1c(=O)c2ccc(C(=O)N3CCC(NC(=O)c4ccsc4)CC3)nc2n(C)c1=O. The van der Waals surface area contributed by atoms with Gasteiger partial charge in [-0.3, -0.25) is 23.5 Å². The van der Waals surface area contributed by atoms with Crippen molar-refractivity contribution in [3.05, 3.63) is 61.1 Å². The van der Waals surface area contributed by atoms with Crippen molar-refractivity contribution in [2.24, 2.45) is 14.1 Å². The lowest BCUT2D eigenvalue weighted by atomic mass is 10.0. The molecular formula is C20H21N5O4S. The van der Waals surface area contributed by atoms with Crippen LogP contribution in [-0.4, -0.2) is 50.0 Å². The Morgan fingerprint density at radius 2 is 1.83 bits per heavy atom. The smallest absolute Gasteiger partial charge is 0.332 e. The van der Waals surface area contributed by atoms with E-state index in [4.69, 9.17) is 0 Å². The Morgan fingerprint density at radius 1 is 1.10 bits per heavy atom. The van der Waals surface area contributed by atoms with Gasteiger partial charge in [-0.05, 0) is 36.4 Å². The molecule has 9 nitrogen and oxygen atoms in total. The minimum atomic E-state index is -0.494. The number of carbonyl (C=O) groups excluding carboxylic acids is 2. The number of nitrogens with zero attached hydrogens (tertiary/aromatic N) is 4. The summed E-state index contributed by atoms with van der Waals surface area (Å²) in [5, 5.41) is 6.96. The molecule has 0 aliphatic carbocycles. The van der Waals surface area contributed by atoms with Crippen LogP contribution in [0.3, 0.4) is 0 Å². The van der Waals surface area contributed by atoms with Gasteiger partial charge in [0.15, 0.2) is 0 Å². The Morgan fingerprint density at radius 3 is 2.50 bits per heavy atom. The molecule has 0 saturated carbocycles. The molecule has 30 heavy (non-hydrogen) atoms. The van der Waals surface area contributed by atoms with Gasteiger partial charge in [0.05, 0.1) is 5.39 Å². The van der Waals surface area contributed by atoms with Crippen LogP contribution in [0.15, 0.2) is 38.5 Å². The number of nitrogens with one attached hydrogen (secondary N) is 1. The lowest BCUT2D eigenvalue weighted by molar-refractivity contribution is 0.0692. The monoisotopic (exact) mass is 427 g/mol. The molecule has 156 valence electrons. The molecule has 3 aromatic heterocycles. The molecule has 0 spiro atoms. The fraction of sp³-hybridized carbons (Fsp3) is 0.350. The number of likely N-dealkylation sites (tertiary alicyclic amines) is 1. The Hall–Kier alpha value is -3.27. The maximum Gasteiger partial charge on any atom is 0.332 e. The van der Waals surface area contributed by atoms with E-state index in [-0.39, 0.29) is 34.6 Å². The molecule has 4 rings (SSSR count). The third-order valence-electron chi connectivity index (χ3n) is 5.42. The molecule has 2 amide bonds. The quantitative estimate of drug-likeness (QED) is 0.663. The molecule has 0 atom stereocenters. The highest BCUT2D eigenvalue weighted by atomic mass is 32.1. The number of thiophene rings is 1. The number of pyridine rings is 1. The van der Waals surface area contributed by atoms with Crippen molar-refractivity contribution in [2.45, 2.75) is 18.9 Å². The average Bonchev–Trinajstić information content (AvgIpc) is 3.31. The van der Waals surface area contributed by atoms with Gasteiger partial charge in [0.1, 0.15) is 11.3 Å². The number of hydrogen-bond donors (Lipinski definition) is 1. The van der Waals surface area contributed by atoms with Crippen LogP contribution in [0, 0.1) is 0 Å². The summed E-state index contributed by atoms with van der Waals surface area (Å²) in [7, 11) is 2.93. The predicted molar refractivity (Wildman–Crippen MR) is 113 cm³/mol. The van der Waals surface area contributed by atoms with Gasteiger partial charge in [-0.15, -0.1) is 0 Å². The molecule has 1 fully saturated rings. The topological polar surface area (TPSA) is 106 Å². The van der Waals surface area contributed by atoms with Gasteiger partial charge in [-0.1, -0.05) is 0 Å². The molecule has 0 bridgehead atoms. The maximum absolute atomic E-state index is 12.9. The predicted octanol–water partition coefficient (Wildman–Crippen LogP) is 0.728. The summed E-state index contributed by atoms with van der Waals surface area (Å²) in [6, 6.07) is 4.84. The van der Waals surface area contributed by atoms with Crippen molar-refractivity contribution in [1.29, 1.82) is 0 Å². The van der Waals surface area contributed by atoms with Crippen LogP contribution in [0.2, 0.25) is 0 Å². The van der Waals surface area contributed by atoms with Gasteiger partial charge in [0.25, 0.3) is 17.4 Å². The average molecular weight is 427 g/mol. The summed E-state index contributed by atoms with van der Waals surface area (Å²) in [5.41, 5.74) is 0.0857. The van der Waals surface area contributed by atoms with Crippen LogP contribution >= 0.6 is 11.3 Å². The van der Waals surface area contributed by atoms with Gasteiger partial charge in [0.2, 0.25) is 0 Å². The van der Waals surface area contributed by atoms with Gasteiger partial charge >= 0.3 is 5.69 Å². The van der Waals surface area contributed by atoms with Crippen molar-refractivity contribution in [2.75, 3.05) is 13.1 Å². The van der Waals surface area contributed by atoms with E-state index in [2.05, 4.69) is 10.3 Å². The number of aromatic nitrogens is 3. The van der Waals surface area contributed by atoms with Gasteiger partial charge < -0.3 is 10.2 Å². The van der Waals surface area contributed by atoms with Crippen LogP contribution in [0.1, 0.15) is 33.7 Å². The number of amides is 2. The van der Waals surface area contributed by atoms with E-state index < -0.39 is 11.2 Å². The first kappa shape index (κ1) is 20.0. The second kappa shape index (κ2) is 7.86. The first-order chi connectivity index (χ1) is 14.4. The Labute approximate surface area is 175 Å². The zero-order valence-electron chi connectivity index (χ0n) is 16.6. The minimum absolute atomic E-state index is 0.00913. The zero-order valence-corrected chi connectivity index (χ0v) is 17.4. The molecule has 0 aromatic carbocycles. The van der Waals surface area contributed by atoms with E-state index in [1.165, 1.54) is 42.1 Å². The Kier molecular flexibility index (Phi) is 5.25. The second-order valence-corrected chi connectivity index (χ2v) is 8.11. The minimum Gasteiger partial charge on any atom is -0.349 e. The normalized spacial score (nSPS) is 14.8. The molecule has 0 radical (unpaired) electrons. The third kappa shape index (κ3) is 3.54. The van der Waals surface area contributed by atoms with Crippen molar-refractivity contribution >= 4 is 34.2 Å². The number of rotatable bonds is 3. The number of fused-ring (bicyclic) bond motifs is 1. The summed E-state index contributed by atoms with van der Waals surface area (Å²) in [4.78, 5) is 55.5. The molecule has 10 heteroatoms. The van der Waals surface area contributed by atoms with E-state index in [0.717, 1.165) is 4.57 Å². The van der Waals surface area contributed by atoms with E-state index in [0.29, 0.717) is 31.5 Å². The second-order valence-electron chi connectivity index (χ2n) is 7.33. The number of hydrogen-bond acceptors (Lipinski definition) is 6. The van der Waals surface area contributed by atoms with Crippen molar-refractivity contribution in [3.8, 4) is 0 Å². The summed E-state index contributed by atoms with van der Waals surface area (Å²) in [6.07, 6.45) is 1.29. The van der Waals surface area contributed by atoms with Crippen LogP contribution in [-0.2, 0) is 14.1 Å². The lowest BCUT2D eigenvalue weighted by Gasteiger charge is -2.32. The highest BCUT2D eigenvalue weighted by Crippen LogP contribution is 2.16. The van der Waals surface area contributed by atoms with Gasteiger partial charge in [-0.25, -0.2) is 9.78 Å². The van der Waals surface area contributed by atoms with E-state index in [9.17, 15) is 19.2 Å². The third-order valence-corrected chi connectivity index (χ3v) is 6.10. The van der Waals surface area contributed by atoms with Crippen molar-refractivity contribution in [3.63, 3.8) is 0 Å². The summed E-state index contributed by atoms with van der Waals surface area (Å²) in [5.74, 6) is -0.354. The molecule has 1 aliphatic rings. The molecular weight excluding hydrogens is 406 g/mol. The number of aryl methyl sites for hydroxylation is 1. The fourth-order valence-corrected chi connectivity index (χ4v) is 4.26.